The zero-order valence-electron chi connectivity index (χ0n) is 9.58. The molecule has 0 saturated carbocycles. The summed E-state index contributed by atoms with van der Waals surface area (Å²) in [5.74, 6) is 0. The number of anilines is 2. The van der Waals surface area contributed by atoms with Crippen molar-refractivity contribution in [2.75, 3.05) is 10.6 Å². The Balaban J connectivity index is 2.12. The highest BCUT2D eigenvalue weighted by Gasteiger charge is 2.10. The summed E-state index contributed by atoms with van der Waals surface area (Å²) in [6.07, 6.45) is 0. The average Bonchev–Trinajstić information content (AvgIpc) is 2.37. The third-order valence-electron chi connectivity index (χ3n) is 2.32. The molecule has 98 valence electrons. The van der Waals surface area contributed by atoms with Gasteiger partial charge >= 0.3 is 6.03 Å². The van der Waals surface area contributed by atoms with E-state index in [0.29, 0.717) is 26.4 Å². The molecule has 19 heavy (non-hydrogen) atoms. The smallest absolute Gasteiger partial charge is 0.306 e. The van der Waals surface area contributed by atoms with Gasteiger partial charge in [-0.25, -0.2) is 4.79 Å². The minimum atomic E-state index is -0.469. The lowest BCUT2D eigenvalue weighted by Gasteiger charge is -2.11. The van der Waals surface area contributed by atoms with Gasteiger partial charge in [0.1, 0.15) is 0 Å². The molecule has 0 spiro atoms. The van der Waals surface area contributed by atoms with Crippen LogP contribution in [0.2, 0.25) is 15.1 Å². The molecule has 0 heterocycles. The minimum Gasteiger partial charge on any atom is -0.306 e. The lowest BCUT2D eigenvalue weighted by molar-refractivity contribution is 0.262. The van der Waals surface area contributed by atoms with Crippen LogP contribution in [-0.4, -0.2) is 6.03 Å². The van der Waals surface area contributed by atoms with E-state index in [2.05, 4.69) is 10.6 Å². The second-order valence-electron chi connectivity index (χ2n) is 3.66. The van der Waals surface area contributed by atoms with Gasteiger partial charge in [-0.1, -0.05) is 53.0 Å². The molecule has 2 rings (SSSR count). The number of halogens is 3. The first-order valence-electron chi connectivity index (χ1n) is 5.34. The standard InChI is InChI=1S/C13H9Cl3N2O/c14-8-4-1-2-7-11(8)17-13(19)18-12-9(15)5-3-6-10(12)16/h1-7H,(H2,17,18,19). The van der Waals surface area contributed by atoms with Crippen LogP contribution in [0.15, 0.2) is 42.5 Å². The Hall–Kier alpha value is -1.42. The fourth-order valence-electron chi connectivity index (χ4n) is 1.45. The van der Waals surface area contributed by atoms with Crippen LogP contribution in [0, 0.1) is 0 Å². The number of hydrogen-bond acceptors (Lipinski definition) is 1. The predicted molar refractivity (Wildman–Crippen MR) is 80.6 cm³/mol. The lowest BCUT2D eigenvalue weighted by atomic mass is 10.3. The highest BCUT2D eigenvalue weighted by atomic mass is 35.5. The minimum absolute atomic E-state index is 0.357. The Morgan fingerprint density at radius 2 is 1.37 bits per heavy atom. The number of para-hydroxylation sites is 2. The van der Waals surface area contributed by atoms with Gasteiger partial charge in [-0.2, -0.15) is 0 Å². The molecule has 3 nitrogen and oxygen atoms in total. The van der Waals surface area contributed by atoms with Crippen LogP contribution in [0.1, 0.15) is 0 Å². The Morgan fingerprint density at radius 1 is 0.789 bits per heavy atom. The molecule has 0 unspecified atom stereocenters. The van der Waals surface area contributed by atoms with E-state index >= 15 is 0 Å². The molecular formula is C13H9Cl3N2O. The van der Waals surface area contributed by atoms with E-state index in [-0.39, 0.29) is 0 Å². The molecule has 2 N–H and O–H groups in total. The van der Waals surface area contributed by atoms with Crippen LogP contribution >= 0.6 is 34.8 Å². The van der Waals surface area contributed by atoms with Crippen molar-refractivity contribution in [1.29, 1.82) is 0 Å². The molecule has 0 radical (unpaired) electrons. The molecule has 0 aliphatic heterocycles. The summed E-state index contributed by atoms with van der Waals surface area (Å²) in [6, 6.07) is 11.4. The fraction of sp³-hybridized carbons (Fsp3) is 0. The van der Waals surface area contributed by atoms with Crippen molar-refractivity contribution >= 4 is 52.2 Å². The van der Waals surface area contributed by atoms with Gasteiger partial charge in [0.05, 0.1) is 26.4 Å². The van der Waals surface area contributed by atoms with E-state index in [1.54, 1.807) is 42.5 Å². The van der Waals surface area contributed by atoms with E-state index < -0.39 is 6.03 Å². The molecule has 2 aromatic carbocycles. The summed E-state index contributed by atoms with van der Waals surface area (Å²) in [7, 11) is 0. The van der Waals surface area contributed by atoms with E-state index in [9.17, 15) is 4.79 Å². The van der Waals surface area contributed by atoms with E-state index in [1.807, 2.05) is 0 Å². The number of amides is 2. The number of urea groups is 1. The molecular weight excluding hydrogens is 307 g/mol. The van der Waals surface area contributed by atoms with Gasteiger partial charge in [-0.3, -0.25) is 0 Å². The van der Waals surface area contributed by atoms with Gasteiger partial charge in [0.15, 0.2) is 0 Å². The monoisotopic (exact) mass is 314 g/mol. The lowest BCUT2D eigenvalue weighted by Crippen LogP contribution is -2.20. The second kappa shape index (κ2) is 6.15. The number of nitrogens with one attached hydrogen (secondary N) is 2. The zero-order chi connectivity index (χ0) is 13.8. The van der Waals surface area contributed by atoms with Crippen molar-refractivity contribution in [3.05, 3.63) is 57.5 Å². The van der Waals surface area contributed by atoms with Crippen LogP contribution in [0.25, 0.3) is 0 Å². The van der Waals surface area contributed by atoms with Crippen LogP contribution in [0.5, 0.6) is 0 Å². The van der Waals surface area contributed by atoms with E-state index in [4.69, 9.17) is 34.8 Å². The second-order valence-corrected chi connectivity index (χ2v) is 4.88. The molecule has 6 heteroatoms. The molecule has 0 saturated heterocycles. The quantitative estimate of drug-likeness (QED) is 0.776. The normalized spacial score (nSPS) is 10.1. The number of rotatable bonds is 2. The number of hydrogen-bond donors (Lipinski definition) is 2. The number of carbonyl (C=O) groups is 1. The Kier molecular flexibility index (Phi) is 4.53. The fourth-order valence-corrected chi connectivity index (χ4v) is 2.12. The maximum absolute atomic E-state index is 11.8. The van der Waals surface area contributed by atoms with E-state index in [0.717, 1.165) is 0 Å². The molecule has 0 aromatic heterocycles. The maximum atomic E-state index is 11.8. The van der Waals surface area contributed by atoms with Crippen LogP contribution in [0.4, 0.5) is 16.2 Å². The highest BCUT2D eigenvalue weighted by molar-refractivity contribution is 6.40. The zero-order valence-corrected chi connectivity index (χ0v) is 11.9. The van der Waals surface area contributed by atoms with Crippen LogP contribution < -0.4 is 10.6 Å². The van der Waals surface area contributed by atoms with Crippen molar-refractivity contribution in [2.24, 2.45) is 0 Å². The van der Waals surface area contributed by atoms with Gasteiger partial charge in [0.2, 0.25) is 0 Å². The summed E-state index contributed by atoms with van der Waals surface area (Å²) < 4.78 is 0. The third kappa shape index (κ3) is 3.53. The SMILES string of the molecule is O=C(Nc1ccccc1Cl)Nc1c(Cl)cccc1Cl. The van der Waals surface area contributed by atoms with E-state index in [1.165, 1.54) is 0 Å². The molecule has 0 atom stereocenters. The molecule has 2 aromatic rings. The van der Waals surface area contributed by atoms with Crippen molar-refractivity contribution in [1.82, 2.24) is 0 Å². The first-order valence-corrected chi connectivity index (χ1v) is 6.48. The summed E-state index contributed by atoms with van der Waals surface area (Å²) in [5, 5.41) is 6.37. The molecule has 0 bridgehead atoms. The van der Waals surface area contributed by atoms with Gasteiger partial charge in [0, 0.05) is 0 Å². The number of benzene rings is 2. The van der Waals surface area contributed by atoms with Crippen molar-refractivity contribution in [3.63, 3.8) is 0 Å². The third-order valence-corrected chi connectivity index (χ3v) is 3.28. The molecule has 0 aliphatic carbocycles. The Bertz CT molecular complexity index is 596. The first-order chi connectivity index (χ1) is 9.08. The Labute approximate surface area is 125 Å². The average molecular weight is 316 g/mol. The summed E-state index contributed by atoms with van der Waals surface area (Å²) >= 11 is 17.8. The van der Waals surface area contributed by atoms with Crippen LogP contribution in [-0.2, 0) is 0 Å². The Morgan fingerprint density at radius 3 is 2.00 bits per heavy atom. The topological polar surface area (TPSA) is 41.1 Å². The summed E-state index contributed by atoms with van der Waals surface area (Å²) in [5.41, 5.74) is 0.861. The first kappa shape index (κ1) is 14.0. The van der Waals surface area contributed by atoms with Crippen molar-refractivity contribution < 1.29 is 4.79 Å². The van der Waals surface area contributed by atoms with Crippen LogP contribution in [0.3, 0.4) is 0 Å². The van der Waals surface area contributed by atoms with Gasteiger partial charge < -0.3 is 10.6 Å². The maximum Gasteiger partial charge on any atom is 0.323 e. The van der Waals surface area contributed by atoms with Gasteiger partial charge in [0.25, 0.3) is 0 Å². The summed E-state index contributed by atoms with van der Waals surface area (Å²) in [6.45, 7) is 0. The predicted octanol–water partition coefficient (Wildman–Crippen LogP) is 5.29. The van der Waals surface area contributed by atoms with Gasteiger partial charge in [-0.05, 0) is 24.3 Å². The molecule has 0 aliphatic rings. The highest BCUT2D eigenvalue weighted by Crippen LogP contribution is 2.30. The van der Waals surface area contributed by atoms with Crippen molar-refractivity contribution in [2.45, 2.75) is 0 Å². The molecule has 2 amide bonds. The molecule has 0 fully saturated rings. The van der Waals surface area contributed by atoms with Crippen molar-refractivity contribution in [3.8, 4) is 0 Å². The largest absolute Gasteiger partial charge is 0.323 e. The van der Waals surface area contributed by atoms with Gasteiger partial charge in [-0.15, -0.1) is 0 Å². The summed E-state index contributed by atoms with van der Waals surface area (Å²) in [4.78, 5) is 11.8. The number of carbonyl (C=O) groups excluding carboxylic acids is 1.